The minimum atomic E-state index is -0.455. The van der Waals surface area contributed by atoms with Gasteiger partial charge < -0.3 is 10.4 Å². The van der Waals surface area contributed by atoms with Crippen LogP contribution in [0.3, 0.4) is 0 Å². The molecule has 2 N–H and O–H groups in total. The normalized spacial score (nSPS) is 17.6. The Kier molecular flexibility index (Phi) is 4.99. The van der Waals surface area contributed by atoms with Gasteiger partial charge in [0.1, 0.15) is 0 Å². The zero-order chi connectivity index (χ0) is 13.8. The summed E-state index contributed by atoms with van der Waals surface area (Å²) in [6.07, 6.45) is 5.16. The third-order valence-corrected chi connectivity index (χ3v) is 5.23. The highest BCUT2D eigenvalue weighted by atomic mass is 32.1. The van der Waals surface area contributed by atoms with Crippen LogP contribution in [0.5, 0.6) is 0 Å². The summed E-state index contributed by atoms with van der Waals surface area (Å²) in [6, 6.07) is 2.03. The van der Waals surface area contributed by atoms with E-state index in [2.05, 4.69) is 5.32 Å². The molecular weight excluding hydrogens is 258 g/mol. The summed E-state index contributed by atoms with van der Waals surface area (Å²) < 4.78 is 0. The van der Waals surface area contributed by atoms with Crippen molar-refractivity contribution < 1.29 is 9.90 Å². The molecule has 1 aliphatic carbocycles. The lowest BCUT2D eigenvalue weighted by Crippen LogP contribution is -2.35. The fourth-order valence-electron chi connectivity index (χ4n) is 2.36. The molecule has 0 saturated heterocycles. The van der Waals surface area contributed by atoms with E-state index in [4.69, 9.17) is 0 Å². The standard InChI is InChI=1S/C15H23NO2S/c1-3-10(2)12(17)9-16-15(18)14-8-11-6-4-5-7-13(11)19-14/h8,10,12,17H,3-7,9H2,1-2H3,(H,16,18). The number of rotatable bonds is 5. The lowest BCUT2D eigenvalue weighted by molar-refractivity contribution is 0.0853. The largest absolute Gasteiger partial charge is 0.391 e. The predicted molar refractivity (Wildman–Crippen MR) is 78.8 cm³/mol. The Hall–Kier alpha value is -0.870. The van der Waals surface area contributed by atoms with Crippen LogP contribution in [0.2, 0.25) is 0 Å². The van der Waals surface area contributed by atoms with Crippen molar-refractivity contribution in [1.82, 2.24) is 5.32 Å². The first-order valence-electron chi connectivity index (χ1n) is 7.19. The quantitative estimate of drug-likeness (QED) is 0.872. The van der Waals surface area contributed by atoms with Gasteiger partial charge >= 0.3 is 0 Å². The number of hydrogen-bond donors (Lipinski definition) is 2. The third-order valence-electron chi connectivity index (χ3n) is 3.99. The Morgan fingerprint density at radius 2 is 2.21 bits per heavy atom. The van der Waals surface area contributed by atoms with Crippen molar-refractivity contribution in [1.29, 1.82) is 0 Å². The highest BCUT2D eigenvalue weighted by molar-refractivity contribution is 7.14. The van der Waals surface area contributed by atoms with E-state index in [1.165, 1.54) is 23.3 Å². The number of amides is 1. The molecule has 1 aromatic heterocycles. The molecule has 1 amide bonds. The number of carbonyl (C=O) groups is 1. The van der Waals surface area contributed by atoms with Gasteiger partial charge in [0.05, 0.1) is 11.0 Å². The Labute approximate surface area is 119 Å². The summed E-state index contributed by atoms with van der Waals surface area (Å²) in [5.74, 6) is 0.179. The van der Waals surface area contributed by atoms with Gasteiger partial charge in [-0.25, -0.2) is 0 Å². The maximum Gasteiger partial charge on any atom is 0.261 e. The van der Waals surface area contributed by atoms with Crippen molar-refractivity contribution in [2.45, 2.75) is 52.1 Å². The molecule has 1 heterocycles. The van der Waals surface area contributed by atoms with Crippen LogP contribution in [-0.2, 0) is 12.8 Å². The van der Waals surface area contributed by atoms with Crippen LogP contribution in [0.1, 0.15) is 53.2 Å². The average molecular weight is 281 g/mol. The lowest BCUT2D eigenvalue weighted by atomic mass is 9.99. The molecule has 0 spiro atoms. The molecule has 4 heteroatoms. The van der Waals surface area contributed by atoms with Crippen molar-refractivity contribution in [3.05, 3.63) is 21.4 Å². The Bertz CT molecular complexity index is 418. The number of nitrogens with one attached hydrogen (secondary N) is 1. The zero-order valence-electron chi connectivity index (χ0n) is 11.7. The average Bonchev–Trinajstić information content (AvgIpc) is 2.87. The molecule has 0 saturated carbocycles. The number of fused-ring (bicyclic) bond motifs is 1. The van der Waals surface area contributed by atoms with Crippen LogP contribution in [0.25, 0.3) is 0 Å². The molecule has 2 rings (SSSR count). The summed E-state index contributed by atoms with van der Waals surface area (Å²) in [4.78, 5) is 14.2. The minimum absolute atomic E-state index is 0.0400. The Morgan fingerprint density at radius 1 is 1.47 bits per heavy atom. The smallest absolute Gasteiger partial charge is 0.261 e. The molecule has 0 aliphatic heterocycles. The van der Waals surface area contributed by atoms with Crippen LogP contribution < -0.4 is 5.32 Å². The first kappa shape index (κ1) is 14.5. The van der Waals surface area contributed by atoms with E-state index in [-0.39, 0.29) is 11.8 Å². The van der Waals surface area contributed by atoms with Crippen molar-refractivity contribution in [3.8, 4) is 0 Å². The summed E-state index contributed by atoms with van der Waals surface area (Å²) in [7, 11) is 0. The number of aryl methyl sites for hydroxylation is 2. The minimum Gasteiger partial charge on any atom is -0.391 e. The molecule has 2 atom stereocenters. The molecule has 106 valence electrons. The number of aliphatic hydroxyl groups is 1. The summed E-state index contributed by atoms with van der Waals surface area (Å²) in [6.45, 7) is 4.39. The maximum atomic E-state index is 12.1. The molecule has 0 radical (unpaired) electrons. The van der Waals surface area contributed by atoms with Crippen molar-refractivity contribution >= 4 is 17.2 Å². The number of carbonyl (C=O) groups excluding carboxylic acids is 1. The van der Waals surface area contributed by atoms with Gasteiger partial charge in [0.15, 0.2) is 0 Å². The summed E-state index contributed by atoms with van der Waals surface area (Å²) >= 11 is 1.62. The molecule has 1 aromatic rings. The van der Waals surface area contributed by atoms with E-state index >= 15 is 0 Å². The molecule has 19 heavy (non-hydrogen) atoms. The maximum absolute atomic E-state index is 12.1. The van der Waals surface area contributed by atoms with Gasteiger partial charge in [0.2, 0.25) is 0 Å². The van der Waals surface area contributed by atoms with Gasteiger partial charge in [-0.1, -0.05) is 20.3 Å². The van der Waals surface area contributed by atoms with Crippen LogP contribution in [0.15, 0.2) is 6.07 Å². The fraction of sp³-hybridized carbons (Fsp3) is 0.667. The molecule has 0 bridgehead atoms. The highest BCUT2D eigenvalue weighted by Crippen LogP contribution is 2.29. The third kappa shape index (κ3) is 3.57. The van der Waals surface area contributed by atoms with E-state index in [0.29, 0.717) is 6.54 Å². The van der Waals surface area contributed by atoms with E-state index in [1.807, 2.05) is 19.9 Å². The van der Waals surface area contributed by atoms with Gasteiger partial charge in [-0.15, -0.1) is 11.3 Å². The first-order chi connectivity index (χ1) is 9.11. The SMILES string of the molecule is CCC(C)C(O)CNC(=O)c1cc2c(s1)CCCC2. The van der Waals surface area contributed by atoms with Gasteiger partial charge in [-0.3, -0.25) is 4.79 Å². The predicted octanol–water partition coefficient (Wildman–Crippen LogP) is 2.76. The molecule has 0 fully saturated rings. The van der Waals surface area contributed by atoms with Gasteiger partial charge in [0.25, 0.3) is 5.91 Å². The van der Waals surface area contributed by atoms with Gasteiger partial charge in [0, 0.05) is 11.4 Å². The van der Waals surface area contributed by atoms with E-state index in [1.54, 1.807) is 11.3 Å². The fourth-order valence-corrected chi connectivity index (χ4v) is 3.53. The second kappa shape index (κ2) is 6.53. The second-order valence-corrected chi connectivity index (χ2v) is 6.57. The van der Waals surface area contributed by atoms with E-state index in [0.717, 1.165) is 24.1 Å². The molecule has 3 nitrogen and oxygen atoms in total. The summed E-state index contributed by atoms with van der Waals surface area (Å²) in [5.41, 5.74) is 1.35. The molecule has 1 aliphatic rings. The molecule has 2 unspecified atom stereocenters. The molecular formula is C15H23NO2S. The van der Waals surface area contributed by atoms with Gasteiger partial charge in [-0.05, 0) is 43.2 Å². The number of aliphatic hydroxyl groups excluding tert-OH is 1. The van der Waals surface area contributed by atoms with Crippen LogP contribution in [0, 0.1) is 5.92 Å². The van der Waals surface area contributed by atoms with Crippen LogP contribution >= 0.6 is 11.3 Å². The van der Waals surface area contributed by atoms with E-state index in [9.17, 15) is 9.90 Å². The van der Waals surface area contributed by atoms with Crippen molar-refractivity contribution in [3.63, 3.8) is 0 Å². The van der Waals surface area contributed by atoms with Crippen LogP contribution in [-0.4, -0.2) is 23.7 Å². The Morgan fingerprint density at radius 3 is 2.89 bits per heavy atom. The monoisotopic (exact) mass is 281 g/mol. The number of thiophene rings is 1. The van der Waals surface area contributed by atoms with Crippen molar-refractivity contribution in [2.75, 3.05) is 6.54 Å². The lowest BCUT2D eigenvalue weighted by Gasteiger charge is -2.17. The second-order valence-electron chi connectivity index (χ2n) is 5.43. The number of hydrogen-bond acceptors (Lipinski definition) is 3. The van der Waals surface area contributed by atoms with Crippen LogP contribution in [0.4, 0.5) is 0 Å². The van der Waals surface area contributed by atoms with Crippen molar-refractivity contribution in [2.24, 2.45) is 5.92 Å². The highest BCUT2D eigenvalue weighted by Gasteiger charge is 2.18. The summed E-state index contributed by atoms with van der Waals surface area (Å²) in [5, 5.41) is 12.7. The van der Waals surface area contributed by atoms with E-state index < -0.39 is 6.10 Å². The van der Waals surface area contributed by atoms with Gasteiger partial charge in [-0.2, -0.15) is 0 Å². The first-order valence-corrected chi connectivity index (χ1v) is 8.01. The molecule has 0 aromatic carbocycles. The Balaban J connectivity index is 1.91. The topological polar surface area (TPSA) is 49.3 Å². The zero-order valence-corrected chi connectivity index (χ0v) is 12.6.